The molecule has 4 rings (SSSR count). The van der Waals surface area contributed by atoms with E-state index in [-0.39, 0.29) is 0 Å². The van der Waals surface area contributed by atoms with E-state index in [1.54, 1.807) is 6.26 Å². The fraction of sp³-hybridized carbons (Fsp3) is 0.0556. The molecule has 0 amide bonds. The quantitative estimate of drug-likeness (QED) is 0.556. The van der Waals surface area contributed by atoms with E-state index in [0.717, 1.165) is 27.9 Å². The molecule has 0 aliphatic rings. The van der Waals surface area contributed by atoms with Crippen molar-refractivity contribution in [3.8, 4) is 11.3 Å². The Bertz CT molecular complexity index is 861. The largest absolute Gasteiger partial charge is 0.467 e. The third-order valence-electron chi connectivity index (χ3n) is 3.59. The fourth-order valence-electron chi connectivity index (χ4n) is 2.61. The van der Waals surface area contributed by atoms with E-state index in [9.17, 15) is 0 Å². The summed E-state index contributed by atoms with van der Waals surface area (Å²) in [5.74, 6) is 0.905. The Morgan fingerprint density at radius 1 is 0.857 bits per heavy atom. The number of rotatable bonds is 3. The topological polar surface area (TPSA) is 31.0 Å². The number of hydrogen-bond acceptors (Lipinski definition) is 2. The molecule has 2 aromatic carbocycles. The summed E-state index contributed by atoms with van der Waals surface area (Å²) in [5.41, 5.74) is 3.26. The van der Waals surface area contributed by atoms with Crippen molar-refractivity contribution < 1.29 is 4.42 Å². The molecule has 0 fully saturated rings. The van der Waals surface area contributed by atoms with E-state index in [0.29, 0.717) is 6.54 Å². The van der Waals surface area contributed by atoms with Crippen molar-refractivity contribution in [2.45, 2.75) is 6.54 Å². The zero-order valence-corrected chi connectivity index (χ0v) is 11.4. The minimum Gasteiger partial charge on any atom is -0.467 e. The van der Waals surface area contributed by atoms with Crippen molar-refractivity contribution in [3.63, 3.8) is 0 Å². The Kier molecular flexibility index (Phi) is 2.82. The molecule has 102 valence electrons. The van der Waals surface area contributed by atoms with Crippen LogP contribution in [-0.4, -0.2) is 9.78 Å². The minimum atomic E-state index is 0.639. The summed E-state index contributed by atoms with van der Waals surface area (Å²) in [7, 11) is 0. The summed E-state index contributed by atoms with van der Waals surface area (Å²) >= 11 is 0. The monoisotopic (exact) mass is 274 g/mol. The Balaban J connectivity index is 1.89. The maximum absolute atomic E-state index is 5.44. The Hall–Kier alpha value is -2.81. The molecule has 0 atom stereocenters. The van der Waals surface area contributed by atoms with Gasteiger partial charge in [0.1, 0.15) is 11.5 Å². The van der Waals surface area contributed by atoms with Crippen molar-refractivity contribution >= 4 is 10.9 Å². The van der Waals surface area contributed by atoms with Gasteiger partial charge in [-0.25, -0.2) is 0 Å². The van der Waals surface area contributed by atoms with Gasteiger partial charge < -0.3 is 4.42 Å². The van der Waals surface area contributed by atoms with Crippen LogP contribution in [0.25, 0.3) is 22.2 Å². The first-order chi connectivity index (χ1) is 10.4. The van der Waals surface area contributed by atoms with Gasteiger partial charge in [-0.1, -0.05) is 48.5 Å². The molecule has 21 heavy (non-hydrogen) atoms. The number of hydrogen-bond donors (Lipinski definition) is 0. The number of para-hydroxylation sites is 1. The maximum Gasteiger partial charge on any atom is 0.125 e. The molecule has 0 saturated heterocycles. The summed E-state index contributed by atoms with van der Waals surface area (Å²) in [5, 5.41) is 5.95. The van der Waals surface area contributed by atoms with Gasteiger partial charge in [0.2, 0.25) is 0 Å². The summed E-state index contributed by atoms with van der Waals surface area (Å²) in [6, 6.07) is 22.4. The molecule has 4 aromatic rings. The van der Waals surface area contributed by atoms with Crippen molar-refractivity contribution in [2.24, 2.45) is 0 Å². The number of aromatic nitrogens is 2. The number of fused-ring (bicyclic) bond motifs is 1. The Morgan fingerprint density at radius 3 is 2.48 bits per heavy atom. The summed E-state index contributed by atoms with van der Waals surface area (Å²) < 4.78 is 7.44. The zero-order valence-electron chi connectivity index (χ0n) is 11.4. The predicted octanol–water partition coefficient (Wildman–Crippen LogP) is 4.34. The SMILES string of the molecule is c1ccc(-c2nn(Cc3ccco3)c3ccccc23)cc1. The normalized spacial score (nSPS) is 11.0. The van der Waals surface area contributed by atoms with Crippen LogP contribution in [0, 0.1) is 0 Å². The lowest BCUT2D eigenvalue weighted by molar-refractivity contribution is 0.485. The van der Waals surface area contributed by atoms with Crippen molar-refractivity contribution in [2.75, 3.05) is 0 Å². The van der Waals surface area contributed by atoms with Crippen LogP contribution < -0.4 is 0 Å². The van der Waals surface area contributed by atoms with E-state index >= 15 is 0 Å². The molecule has 0 saturated carbocycles. The van der Waals surface area contributed by atoms with Gasteiger partial charge in [-0.15, -0.1) is 0 Å². The van der Waals surface area contributed by atoms with E-state index in [4.69, 9.17) is 9.52 Å². The zero-order chi connectivity index (χ0) is 14.1. The van der Waals surface area contributed by atoms with Gasteiger partial charge >= 0.3 is 0 Å². The van der Waals surface area contributed by atoms with E-state index < -0.39 is 0 Å². The summed E-state index contributed by atoms with van der Waals surface area (Å²) in [6.07, 6.45) is 1.69. The van der Waals surface area contributed by atoms with Crippen LogP contribution in [0.2, 0.25) is 0 Å². The smallest absolute Gasteiger partial charge is 0.125 e. The standard InChI is InChI=1S/C18H14N2O/c1-2-7-14(8-3-1)18-16-10-4-5-11-17(16)20(19-18)13-15-9-6-12-21-15/h1-12H,13H2. The van der Waals surface area contributed by atoms with Gasteiger partial charge in [0.05, 0.1) is 18.3 Å². The Morgan fingerprint density at radius 2 is 1.67 bits per heavy atom. The third-order valence-corrected chi connectivity index (χ3v) is 3.59. The molecular weight excluding hydrogens is 260 g/mol. The summed E-state index contributed by atoms with van der Waals surface area (Å²) in [6.45, 7) is 0.639. The van der Waals surface area contributed by atoms with Gasteiger partial charge in [-0.05, 0) is 18.2 Å². The highest BCUT2D eigenvalue weighted by Crippen LogP contribution is 2.28. The second-order valence-electron chi connectivity index (χ2n) is 4.97. The van der Waals surface area contributed by atoms with Gasteiger partial charge in [0, 0.05) is 10.9 Å². The van der Waals surface area contributed by atoms with Crippen LogP contribution in [0.1, 0.15) is 5.76 Å². The minimum absolute atomic E-state index is 0.639. The van der Waals surface area contributed by atoms with Crippen LogP contribution in [0.15, 0.2) is 77.4 Å². The second-order valence-corrected chi connectivity index (χ2v) is 4.97. The van der Waals surface area contributed by atoms with E-state index in [1.807, 2.05) is 47.1 Å². The molecule has 0 spiro atoms. The first-order valence-corrected chi connectivity index (χ1v) is 6.95. The number of furan rings is 1. The van der Waals surface area contributed by atoms with Gasteiger partial charge in [0.15, 0.2) is 0 Å². The first kappa shape index (κ1) is 12.0. The lowest BCUT2D eigenvalue weighted by atomic mass is 10.1. The van der Waals surface area contributed by atoms with Crippen LogP contribution >= 0.6 is 0 Å². The molecule has 3 heteroatoms. The van der Waals surface area contributed by atoms with Crippen LogP contribution in [0.5, 0.6) is 0 Å². The molecule has 0 unspecified atom stereocenters. The van der Waals surface area contributed by atoms with Crippen LogP contribution in [0.3, 0.4) is 0 Å². The van der Waals surface area contributed by atoms with Crippen molar-refractivity contribution in [1.29, 1.82) is 0 Å². The lowest BCUT2D eigenvalue weighted by Gasteiger charge is -2.00. The third kappa shape index (κ3) is 2.13. The Labute approximate surface area is 122 Å². The van der Waals surface area contributed by atoms with E-state index in [1.165, 1.54) is 0 Å². The first-order valence-electron chi connectivity index (χ1n) is 6.95. The van der Waals surface area contributed by atoms with Crippen LogP contribution in [-0.2, 0) is 6.54 Å². The molecule has 0 aliphatic carbocycles. The number of benzene rings is 2. The highest BCUT2D eigenvalue weighted by atomic mass is 16.3. The second kappa shape index (κ2) is 4.94. The average molecular weight is 274 g/mol. The molecule has 3 nitrogen and oxygen atoms in total. The van der Waals surface area contributed by atoms with Gasteiger partial charge in [0.25, 0.3) is 0 Å². The number of nitrogens with zero attached hydrogens (tertiary/aromatic N) is 2. The molecule has 0 bridgehead atoms. The fourth-order valence-corrected chi connectivity index (χ4v) is 2.61. The molecule has 2 aromatic heterocycles. The van der Waals surface area contributed by atoms with E-state index in [2.05, 4.69) is 24.3 Å². The maximum atomic E-state index is 5.44. The molecular formula is C18H14N2O. The predicted molar refractivity (Wildman–Crippen MR) is 83.0 cm³/mol. The van der Waals surface area contributed by atoms with Crippen molar-refractivity contribution in [1.82, 2.24) is 9.78 Å². The highest BCUT2D eigenvalue weighted by molar-refractivity contribution is 5.93. The molecule has 0 aliphatic heterocycles. The van der Waals surface area contributed by atoms with Crippen molar-refractivity contribution in [3.05, 3.63) is 78.8 Å². The molecule has 2 heterocycles. The molecule has 0 N–H and O–H groups in total. The lowest BCUT2D eigenvalue weighted by Crippen LogP contribution is -2.00. The van der Waals surface area contributed by atoms with Gasteiger partial charge in [-0.2, -0.15) is 5.10 Å². The molecule has 0 radical (unpaired) electrons. The average Bonchev–Trinajstić information content (AvgIpc) is 3.17. The van der Waals surface area contributed by atoms with Crippen LogP contribution in [0.4, 0.5) is 0 Å². The van der Waals surface area contributed by atoms with Gasteiger partial charge in [-0.3, -0.25) is 4.68 Å². The highest BCUT2D eigenvalue weighted by Gasteiger charge is 2.12. The summed E-state index contributed by atoms with van der Waals surface area (Å²) in [4.78, 5) is 0.